The number of likely N-dealkylation sites (tertiary alicyclic amines) is 1. The summed E-state index contributed by atoms with van der Waals surface area (Å²) in [6.45, 7) is 8.77. The smallest absolute Gasteiger partial charge is 0.131 e. The first-order valence-corrected chi connectivity index (χ1v) is 7.51. The zero-order chi connectivity index (χ0) is 14.0. The molecule has 0 N–H and O–H groups in total. The molecule has 0 unspecified atom stereocenters. The van der Waals surface area contributed by atoms with Crippen molar-refractivity contribution in [3.63, 3.8) is 0 Å². The van der Waals surface area contributed by atoms with Crippen LogP contribution in [-0.4, -0.2) is 52.3 Å². The molecule has 2 heterocycles. The molecule has 1 aromatic rings. The van der Waals surface area contributed by atoms with E-state index in [-0.39, 0.29) is 0 Å². The summed E-state index contributed by atoms with van der Waals surface area (Å²) in [5.41, 5.74) is 2.22. The van der Waals surface area contributed by atoms with Crippen molar-refractivity contribution >= 4 is 11.6 Å². The summed E-state index contributed by atoms with van der Waals surface area (Å²) in [7, 11) is 4.10. The molecule has 1 fully saturated rings. The minimum Gasteiger partial charge on any atom is -0.303 e. The number of halogens is 1. The van der Waals surface area contributed by atoms with Crippen LogP contribution in [0.4, 0.5) is 0 Å². The Morgan fingerprint density at radius 3 is 2.47 bits per heavy atom. The molecule has 0 aliphatic carbocycles. The summed E-state index contributed by atoms with van der Waals surface area (Å²) in [5.74, 6) is 0. The lowest BCUT2D eigenvalue weighted by Gasteiger charge is -2.36. The molecule has 0 bridgehead atoms. The van der Waals surface area contributed by atoms with Crippen LogP contribution < -0.4 is 0 Å². The highest BCUT2D eigenvalue weighted by Gasteiger charge is 2.23. The SMILES string of the molecule is CCN1CCC(N(C)Cc2c(C)nn(C)c2Cl)CC1. The third-order valence-corrected chi connectivity index (χ3v) is 4.78. The van der Waals surface area contributed by atoms with Gasteiger partial charge < -0.3 is 4.90 Å². The second-order valence-electron chi connectivity index (χ2n) is 5.56. The number of aromatic nitrogens is 2. The predicted octanol–water partition coefficient (Wildman–Crippen LogP) is 2.30. The van der Waals surface area contributed by atoms with Crippen LogP contribution in [0.2, 0.25) is 5.15 Å². The molecule has 0 amide bonds. The predicted molar refractivity (Wildman–Crippen MR) is 79.6 cm³/mol. The van der Waals surface area contributed by atoms with Crippen LogP contribution >= 0.6 is 11.6 Å². The molecule has 1 saturated heterocycles. The summed E-state index contributed by atoms with van der Waals surface area (Å²) >= 11 is 6.31. The Balaban J connectivity index is 1.96. The van der Waals surface area contributed by atoms with E-state index in [0.29, 0.717) is 6.04 Å². The molecule has 1 aliphatic heterocycles. The lowest BCUT2D eigenvalue weighted by molar-refractivity contribution is 0.127. The Labute approximate surface area is 121 Å². The second-order valence-corrected chi connectivity index (χ2v) is 5.92. The number of hydrogen-bond donors (Lipinski definition) is 0. The van der Waals surface area contributed by atoms with Gasteiger partial charge in [0.1, 0.15) is 5.15 Å². The molecule has 0 atom stereocenters. The summed E-state index contributed by atoms with van der Waals surface area (Å²) < 4.78 is 1.76. The molecular formula is C14H25ClN4. The lowest BCUT2D eigenvalue weighted by Crippen LogP contribution is -2.42. The first-order valence-electron chi connectivity index (χ1n) is 7.13. The van der Waals surface area contributed by atoms with Crippen LogP contribution in [-0.2, 0) is 13.6 Å². The van der Waals surface area contributed by atoms with Crippen LogP contribution in [0.3, 0.4) is 0 Å². The molecule has 0 spiro atoms. The highest BCUT2D eigenvalue weighted by Crippen LogP contribution is 2.23. The van der Waals surface area contributed by atoms with Crippen molar-refractivity contribution in [2.75, 3.05) is 26.7 Å². The molecule has 1 aromatic heterocycles. The molecule has 0 radical (unpaired) electrons. The second kappa shape index (κ2) is 6.25. The quantitative estimate of drug-likeness (QED) is 0.848. The normalized spacial score (nSPS) is 18.4. The van der Waals surface area contributed by atoms with Crippen molar-refractivity contribution in [3.05, 3.63) is 16.4 Å². The largest absolute Gasteiger partial charge is 0.303 e. The Morgan fingerprint density at radius 2 is 2.00 bits per heavy atom. The van der Waals surface area contributed by atoms with Crippen molar-refractivity contribution in [1.82, 2.24) is 19.6 Å². The van der Waals surface area contributed by atoms with Crippen molar-refractivity contribution in [1.29, 1.82) is 0 Å². The zero-order valence-electron chi connectivity index (χ0n) is 12.5. The minimum atomic E-state index is 0.665. The monoisotopic (exact) mass is 284 g/mol. The third-order valence-electron chi connectivity index (χ3n) is 4.31. The van der Waals surface area contributed by atoms with E-state index >= 15 is 0 Å². The van der Waals surface area contributed by atoms with E-state index in [0.717, 1.165) is 17.4 Å². The topological polar surface area (TPSA) is 24.3 Å². The van der Waals surface area contributed by atoms with E-state index in [1.807, 2.05) is 14.0 Å². The van der Waals surface area contributed by atoms with Gasteiger partial charge in [0.05, 0.1) is 5.69 Å². The van der Waals surface area contributed by atoms with Crippen molar-refractivity contribution in [3.8, 4) is 0 Å². The Kier molecular flexibility index (Phi) is 4.87. The molecule has 19 heavy (non-hydrogen) atoms. The average Bonchev–Trinajstić information content (AvgIpc) is 2.65. The van der Waals surface area contributed by atoms with Crippen LogP contribution in [0, 0.1) is 6.92 Å². The van der Waals surface area contributed by atoms with Gasteiger partial charge in [0, 0.05) is 25.2 Å². The van der Waals surface area contributed by atoms with Gasteiger partial charge in [-0.2, -0.15) is 5.10 Å². The van der Waals surface area contributed by atoms with E-state index in [1.165, 1.54) is 38.0 Å². The van der Waals surface area contributed by atoms with Gasteiger partial charge in [-0.1, -0.05) is 18.5 Å². The van der Waals surface area contributed by atoms with E-state index < -0.39 is 0 Å². The maximum Gasteiger partial charge on any atom is 0.131 e. The van der Waals surface area contributed by atoms with Crippen LogP contribution in [0.1, 0.15) is 31.0 Å². The van der Waals surface area contributed by atoms with Gasteiger partial charge in [0.2, 0.25) is 0 Å². The van der Waals surface area contributed by atoms with E-state index in [4.69, 9.17) is 11.6 Å². The summed E-state index contributed by atoms with van der Waals surface area (Å²) in [5, 5.41) is 5.16. The van der Waals surface area contributed by atoms with Crippen LogP contribution in [0.25, 0.3) is 0 Å². The van der Waals surface area contributed by atoms with Gasteiger partial charge in [-0.05, 0) is 46.4 Å². The number of hydrogen-bond acceptors (Lipinski definition) is 3. The molecule has 5 heteroatoms. The van der Waals surface area contributed by atoms with Gasteiger partial charge in [-0.3, -0.25) is 9.58 Å². The summed E-state index contributed by atoms with van der Waals surface area (Å²) in [4.78, 5) is 4.95. The number of piperidine rings is 1. The Hall–Kier alpha value is -0.580. The fourth-order valence-electron chi connectivity index (χ4n) is 2.91. The fourth-order valence-corrected chi connectivity index (χ4v) is 3.14. The van der Waals surface area contributed by atoms with Gasteiger partial charge in [-0.15, -0.1) is 0 Å². The molecular weight excluding hydrogens is 260 g/mol. The van der Waals surface area contributed by atoms with E-state index in [9.17, 15) is 0 Å². The molecule has 0 saturated carbocycles. The van der Waals surface area contributed by atoms with Crippen LogP contribution in [0.15, 0.2) is 0 Å². The van der Waals surface area contributed by atoms with E-state index in [1.54, 1.807) is 4.68 Å². The maximum atomic E-state index is 6.31. The van der Waals surface area contributed by atoms with Gasteiger partial charge in [0.15, 0.2) is 0 Å². The standard InChI is InChI=1S/C14H25ClN4/c1-5-19-8-6-12(7-9-19)17(3)10-13-11(2)16-18(4)14(13)15/h12H,5-10H2,1-4H3. The van der Waals surface area contributed by atoms with E-state index in [2.05, 4.69) is 28.9 Å². The zero-order valence-corrected chi connectivity index (χ0v) is 13.2. The van der Waals surface area contributed by atoms with Crippen molar-refractivity contribution < 1.29 is 0 Å². The van der Waals surface area contributed by atoms with Crippen LogP contribution in [0.5, 0.6) is 0 Å². The highest BCUT2D eigenvalue weighted by molar-refractivity contribution is 6.30. The van der Waals surface area contributed by atoms with Gasteiger partial charge >= 0.3 is 0 Å². The van der Waals surface area contributed by atoms with Crippen molar-refractivity contribution in [2.45, 2.75) is 39.3 Å². The highest BCUT2D eigenvalue weighted by atomic mass is 35.5. The summed E-state index contributed by atoms with van der Waals surface area (Å²) in [6.07, 6.45) is 2.50. The minimum absolute atomic E-state index is 0.665. The van der Waals surface area contributed by atoms with Crippen molar-refractivity contribution in [2.24, 2.45) is 7.05 Å². The third kappa shape index (κ3) is 3.30. The molecule has 1 aliphatic rings. The number of rotatable bonds is 4. The lowest BCUT2D eigenvalue weighted by atomic mass is 10.0. The maximum absolute atomic E-state index is 6.31. The molecule has 2 rings (SSSR count). The average molecular weight is 285 g/mol. The molecule has 4 nitrogen and oxygen atoms in total. The Morgan fingerprint density at radius 1 is 1.37 bits per heavy atom. The van der Waals surface area contributed by atoms with Gasteiger partial charge in [-0.25, -0.2) is 0 Å². The van der Waals surface area contributed by atoms with Gasteiger partial charge in [0.25, 0.3) is 0 Å². The summed E-state index contributed by atoms with van der Waals surface area (Å²) in [6, 6.07) is 0.665. The number of aryl methyl sites for hydroxylation is 2. The molecule has 108 valence electrons. The molecule has 0 aromatic carbocycles. The Bertz CT molecular complexity index is 421. The first-order chi connectivity index (χ1) is 9.02. The first kappa shape index (κ1) is 14.8. The fraction of sp³-hybridized carbons (Fsp3) is 0.786. The number of nitrogens with zero attached hydrogens (tertiary/aromatic N) is 4.